The average Bonchev–Trinajstić information content (AvgIpc) is 2.95. The Morgan fingerprint density at radius 3 is 2.50 bits per heavy atom. The number of aromatic hydroxyl groups is 1. The van der Waals surface area contributed by atoms with E-state index in [2.05, 4.69) is 11.6 Å². The molecule has 0 unspecified atom stereocenters. The van der Waals surface area contributed by atoms with Crippen molar-refractivity contribution in [2.45, 2.75) is 25.1 Å². The Hall–Kier alpha value is -4.05. The molecule has 2 amide bonds. The molecule has 2 aromatic carbocycles. The van der Waals surface area contributed by atoms with Gasteiger partial charge in [-0.1, -0.05) is 24.2 Å². The Balaban J connectivity index is 0.000000775. The zero-order valence-electron chi connectivity index (χ0n) is 25.4. The number of amides is 2. The number of rotatable bonds is 4. The van der Waals surface area contributed by atoms with Gasteiger partial charge in [-0.15, -0.1) is 0 Å². The first-order valence-electron chi connectivity index (χ1n) is 14.1. The summed E-state index contributed by atoms with van der Waals surface area (Å²) < 4.78 is 63.4. The number of carbonyl (C=O) groups excluding carboxylic acids is 2. The molecular formula is C30H32ClF2N5O7S. The van der Waals surface area contributed by atoms with Crippen LogP contribution in [0.5, 0.6) is 11.6 Å². The van der Waals surface area contributed by atoms with Crippen LogP contribution in [0, 0.1) is 11.6 Å². The monoisotopic (exact) mass is 679 g/mol. The van der Waals surface area contributed by atoms with Gasteiger partial charge in [-0.2, -0.15) is 8.42 Å². The molecule has 3 aliphatic heterocycles. The van der Waals surface area contributed by atoms with Crippen LogP contribution in [0.2, 0.25) is 5.02 Å². The molecule has 0 saturated carbocycles. The van der Waals surface area contributed by atoms with Gasteiger partial charge in [-0.3, -0.25) is 14.1 Å². The second-order valence-corrected chi connectivity index (χ2v) is 13.5. The van der Waals surface area contributed by atoms with Crippen LogP contribution in [0.15, 0.2) is 36.9 Å². The van der Waals surface area contributed by atoms with Crippen LogP contribution in [0.3, 0.4) is 0 Å². The molecule has 2 N–H and O–H groups in total. The van der Waals surface area contributed by atoms with Gasteiger partial charge in [0.25, 0.3) is 16.0 Å². The number of hydrogen-bond acceptors (Lipinski definition) is 9. The number of nitrogens with zero attached hydrogens (tertiary/aromatic N) is 5. The minimum absolute atomic E-state index is 0.0691. The molecule has 246 valence electrons. The van der Waals surface area contributed by atoms with E-state index in [1.165, 1.54) is 24.3 Å². The number of pyridine rings is 1. The van der Waals surface area contributed by atoms with E-state index in [-0.39, 0.29) is 65.0 Å². The molecule has 16 heteroatoms. The second-order valence-electron chi connectivity index (χ2n) is 11.6. The van der Waals surface area contributed by atoms with Gasteiger partial charge in [-0.25, -0.2) is 13.8 Å². The number of benzene rings is 2. The second kappa shape index (κ2) is 12.3. The molecule has 3 atom stereocenters. The quantitative estimate of drug-likeness (QED) is 0.311. The van der Waals surface area contributed by atoms with Crippen molar-refractivity contribution in [3.63, 3.8) is 0 Å². The molecule has 3 aliphatic rings. The van der Waals surface area contributed by atoms with E-state index in [9.17, 15) is 27.5 Å². The topological polar surface area (TPSA) is 144 Å². The summed E-state index contributed by atoms with van der Waals surface area (Å²) in [5.74, 6) is -2.69. The molecule has 6 rings (SSSR count). The Labute approximate surface area is 269 Å². The Kier molecular flexibility index (Phi) is 8.90. The molecule has 1 aromatic heterocycles. The highest BCUT2D eigenvalue weighted by atomic mass is 35.5. The fraction of sp³-hybridized carbons (Fsp3) is 0.367. The van der Waals surface area contributed by atoms with Crippen molar-refractivity contribution in [3.05, 3.63) is 53.6 Å². The standard InChI is InChI=1S/C29H28ClF2N5O4.CH4O3S/c1-5-21(39)35-13-19-29(40)37-12-15(11-34(3)4)41-28-27(37)26(36(19)10-14(35)2)16-9-17(30)22(24(32)25(16)33-28)23-18(31)7-6-8-20(23)38;1-5(2,3)4/h5-9,14-15,19,38H,1,10-13H2,2-4H3;1H3,(H,2,3,4)/t14-,15-,19-;/m1./s1. The van der Waals surface area contributed by atoms with Crippen LogP contribution in [-0.4, -0.2) is 109 Å². The number of phenols is 1. The fourth-order valence-electron chi connectivity index (χ4n) is 6.12. The molecule has 3 aromatic rings. The van der Waals surface area contributed by atoms with Gasteiger partial charge in [0.1, 0.15) is 34.9 Å². The number of likely N-dealkylation sites (N-methyl/N-ethyl adjacent to an activating group) is 1. The molecule has 4 heterocycles. The van der Waals surface area contributed by atoms with E-state index in [4.69, 9.17) is 20.9 Å². The number of fused-ring (bicyclic) bond motifs is 4. The van der Waals surface area contributed by atoms with Gasteiger partial charge in [0.05, 0.1) is 35.6 Å². The van der Waals surface area contributed by atoms with Crippen molar-refractivity contribution < 1.29 is 41.2 Å². The summed E-state index contributed by atoms with van der Waals surface area (Å²) in [6.45, 7) is 6.53. The minimum Gasteiger partial charge on any atom is -0.507 e. The Bertz CT molecular complexity index is 1850. The number of anilines is 2. The predicted octanol–water partition coefficient (Wildman–Crippen LogP) is 3.30. The van der Waals surface area contributed by atoms with Crippen molar-refractivity contribution in [2.75, 3.05) is 56.3 Å². The number of hydrogen-bond donors (Lipinski definition) is 2. The van der Waals surface area contributed by atoms with Crippen molar-refractivity contribution >= 4 is 55.8 Å². The zero-order valence-corrected chi connectivity index (χ0v) is 26.9. The smallest absolute Gasteiger partial charge is 0.261 e. The van der Waals surface area contributed by atoms with Crippen LogP contribution in [0.1, 0.15) is 6.92 Å². The summed E-state index contributed by atoms with van der Waals surface area (Å²) in [7, 11) is 0.0714. The van der Waals surface area contributed by atoms with E-state index in [1.807, 2.05) is 30.8 Å². The lowest BCUT2D eigenvalue weighted by molar-refractivity contribution is -0.131. The highest BCUT2D eigenvalue weighted by molar-refractivity contribution is 7.85. The van der Waals surface area contributed by atoms with Gasteiger partial charge >= 0.3 is 0 Å². The van der Waals surface area contributed by atoms with Crippen LogP contribution < -0.4 is 14.5 Å². The van der Waals surface area contributed by atoms with Crippen LogP contribution in [0.4, 0.5) is 20.2 Å². The molecule has 0 spiro atoms. The molecular weight excluding hydrogens is 648 g/mol. The number of carbonyl (C=O) groups is 2. The van der Waals surface area contributed by atoms with Gasteiger partial charge in [0, 0.05) is 30.1 Å². The fourth-order valence-corrected chi connectivity index (χ4v) is 6.40. The normalized spacial score (nSPS) is 20.5. The van der Waals surface area contributed by atoms with Crippen LogP contribution in [-0.2, 0) is 19.7 Å². The number of ether oxygens (including phenoxy) is 1. The van der Waals surface area contributed by atoms with Crippen molar-refractivity contribution in [1.82, 2.24) is 14.8 Å². The van der Waals surface area contributed by atoms with Crippen LogP contribution >= 0.6 is 11.6 Å². The summed E-state index contributed by atoms with van der Waals surface area (Å²) in [6.07, 6.45) is 1.47. The largest absolute Gasteiger partial charge is 0.507 e. The van der Waals surface area contributed by atoms with E-state index >= 15 is 4.39 Å². The molecule has 0 aliphatic carbocycles. The highest BCUT2D eigenvalue weighted by Gasteiger charge is 2.49. The average molecular weight is 680 g/mol. The Morgan fingerprint density at radius 2 is 1.89 bits per heavy atom. The summed E-state index contributed by atoms with van der Waals surface area (Å²) in [6, 6.07) is 4.09. The minimum atomic E-state index is -3.67. The summed E-state index contributed by atoms with van der Waals surface area (Å²) in [4.78, 5) is 38.1. The third kappa shape index (κ3) is 6.07. The molecule has 0 radical (unpaired) electrons. The lowest BCUT2D eigenvalue weighted by Gasteiger charge is -2.52. The number of piperazine rings is 1. The maximum absolute atomic E-state index is 16.4. The number of phenolic OH excluding ortho intramolecular Hbond substituents is 1. The SMILES string of the molecule is C=CC(=O)N1C[C@@H]2C(=O)N3C[C@@H](CN(C)C)Oc4nc5c(F)c(-c6c(O)cccc6F)c(Cl)cc5c(c43)N2C[C@H]1C.CS(=O)(=O)O. The third-order valence-corrected chi connectivity index (χ3v) is 8.17. The van der Waals surface area contributed by atoms with Gasteiger partial charge in [0.15, 0.2) is 5.82 Å². The maximum atomic E-state index is 16.4. The molecule has 46 heavy (non-hydrogen) atoms. The Morgan fingerprint density at radius 1 is 1.22 bits per heavy atom. The van der Waals surface area contributed by atoms with Gasteiger partial charge in [0.2, 0.25) is 11.8 Å². The van der Waals surface area contributed by atoms with E-state index in [1.54, 1.807) is 9.80 Å². The highest BCUT2D eigenvalue weighted by Crippen LogP contribution is 2.52. The summed E-state index contributed by atoms with van der Waals surface area (Å²) in [5, 5.41) is 10.6. The van der Waals surface area contributed by atoms with E-state index < -0.39 is 39.6 Å². The maximum Gasteiger partial charge on any atom is 0.261 e. The molecule has 1 saturated heterocycles. The first-order valence-corrected chi connectivity index (χ1v) is 16.3. The summed E-state index contributed by atoms with van der Waals surface area (Å²) in [5.41, 5.74) is 0.0556. The van der Waals surface area contributed by atoms with Gasteiger partial charge in [-0.05, 0) is 45.3 Å². The van der Waals surface area contributed by atoms with E-state index in [0.29, 0.717) is 29.6 Å². The van der Waals surface area contributed by atoms with Crippen molar-refractivity contribution in [2.24, 2.45) is 0 Å². The lowest BCUT2D eigenvalue weighted by atomic mass is 9.95. The van der Waals surface area contributed by atoms with Crippen molar-refractivity contribution in [3.8, 4) is 22.8 Å². The van der Waals surface area contributed by atoms with E-state index in [0.717, 1.165) is 6.07 Å². The first kappa shape index (κ1) is 33.3. The third-order valence-electron chi connectivity index (χ3n) is 7.87. The number of halogens is 3. The summed E-state index contributed by atoms with van der Waals surface area (Å²) >= 11 is 6.60. The van der Waals surface area contributed by atoms with Crippen molar-refractivity contribution in [1.29, 1.82) is 0 Å². The zero-order chi connectivity index (χ0) is 33.8. The number of aromatic nitrogens is 1. The van der Waals surface area contributed by atoms with Crippen LogP contribution in [0.25, 0.3) is 22.0 Å². The molecule has 0 bridgehead atoms. The lowest BCUT2D eigenvalue weighted by Crippen LogP contribution is -2.67. The molecule has 1 fully saturated rings. The first-order chi connectivity index (χ1) is 21.5. The van der Waals surface area contributed by atoms with Gasteiger partial charge < -0.3 is 29.4 Å². The predicted molar refractivity (Wildman–Crippen MR) is 169 cm³/mol. The molecule has 12 nitrogen and oxygen atoms in total.